The highest BCUT2D eigenvalue weighted by Gasteiger charge is 2.32. The highest BCUT2D eigenvalue weighted by molar-refractivity contribution is 5.29. The maximum atomic E-state index is 10.4. The van der Waals surface area contributed by atoms with Crippen LogP contribution in [0, 0.1) is 11.3 Å². The molecule has 1 heterocycles. The van der Waals surface area contributed by atoms with E-state index < -0.39 is 6.10 Å². The number of β-amino-alcohol motifs (C(OH)–C–C–N with tert-alkyl or cyclic N) is 1. The Morgan fingerprint density at radius 1 is 1.25 bits per heavy atom. The molecule has 3 heteroatoms. The first-order valence-corrected chi connectivity index (χ1v) is 9.50. The normalized spacial score (nSPS) is 28.3. The number of nitrogens with zero attached hydrogens (tertiary/aromatic N) is 1. The van der Waals surface area contributed by atoms with Gasteiger partial charge in [0, 0.05) is 19.6 Å². The molecule has 3 atom stereocenters. The van der Waals surface area contributed by atoms with Gasteiger partial charge in [0.05, 0.1) is 18.8 Å². The molecule has 0 unspecified atom stereocenters. The van der Waals surface area contributed by atoms with Crippen molar-refractivity contribution in [3.8, 4) is 0 Å². The van der Waals surface area contributed by atoms with Crippen LogP contribution in [-0.2, 0) is 17.7 Å². The molecule has 3 rings (SSSR count). The molecule has 2 aliphatic rings. The maximum Gasteiger partial charge on any atom is 0.0900 e. The molecular weight excluding hydrogens is 298 g/mol. The molecule has 1 aromatic carbocycles. The van der Waals surface area contributed by atoms with E-state index in [4.69, 9.17) is 4.74 Å². The van der Waals surface area contributed by atoms with E-state index in [0.29, 0.717) is 24.7 Å². The number of hydrogen-bond acceptors (Lipinski definition) is 3. The van der Waals surface area contributed by atoms with Gasteiger partial charge in [-0.3, -0.25) is 4.90 Å². The summed E-state index contributed by atoms with van der Waals surface area (Å²) in [7, 11) is 0. The van der Waals surface area contributed by atoms with Crippen molar-refractivity contribution in [3.05, 3.63) is 35.4 Å². The third kappa shape index (κ3) is 4.81. The van der Waals surface area contributed by atoms with Gasteiger partial charge < -0.3 is 9.84 Å². The van der Waals surface area contributed by atoms with Crippen LogP contribution < -0.4 is 0 Å². The highest BCUT2D eigenvalue weighted by Crippen LogP contribution is 2.39. The third-order valence-electron chi connectivity index (χ3n) is 5.55. The third-order valence-corrected chi connectivity index (χ3v) is 5.55. The molecule has 0 spiro atoms. The van der Waals surface area contributed by atoms with Gasteiger partial charge >= 0.3 is 0 Å². The van der Waals surface area contributed by atoms with Crippen molar-refractivity contribution in [2.45, 2.75) is 65.2 Å². The minimum atomic E-state index is -0.393. The smallest absolute Gasteiger partial charge is 0.0900 e. The number of aliphatic hydroxyl groups is 1. The van der Waals surface area contributed by atoms with Crippen molar-refractivity contribution in [2.24, 2.45) is 11.3 Å². The topological polar surface area (TPSA) is 32.7 Å². The zero-order valence-electron chi connectivity index (χ0n) is 15.5. The van der Waals surface area contributed by atoms with Crippen molar-refractivity contribution in [3.63, 3.8) is 0 Å². The fourth-order valence-electron chi connectivity index (χ4n) is 4.69. The molecular formula is C21H33NO2. The molecule has 1 aromatic rings. The van der Waals surface area contributed by atoms with Crippen LogP contribution in [0.5, 0.6) is 0 Å². The first-order valence-electron chi connectivity index (χ1n) is 9.50. The van der Waals surface area contributed by atoms with Crippen molar-refractivity contribution in [2.75, 3.05) is 19.7 Å². The number of benzene rings is 1. The quantitative estimate of drug-likeness (QED) is 0.894. The second-order valence-electron chi connectivity index (χ2n) is 8.78. The molecule has 0 aromatic heterocycles. The summed E-state index contributed by atoms with van der Waals surface area (Å²) in [6.45, 7) is 10.1. The van der Waals surface area contributed by atoms with Crippen LogP contribution >= 0.6 is 0 Å². The maximum absolute atomic E-state index is 10.4. The van der Waals surface area contributed by atoms with Crippen molar-refractivity contribution < 1.29 is 9.84 Å². The summed E-state index contributed by atoms with van der Waals surface area (Å²) in [6, 6.07) is 8.64. The first-order chi connectivity index (χ1) is 11.4. The Hall–Kier alpha value is -0.900. The first kappa shape index (κ1) is 17.9. The largest absolute Gasteiger partial charge is 0.389 e. The van der Waals surface area contributed by atoms with Crippen LogP contribution in [-0.4, -0.2) is 41.9 Å². The van der Waals surface area contributed by atoms with Gasteiger partial charge in [0.15, 0.2) is 0 Å². The average Bonchev–Trinajstić information content (AvgIpc) is 2.51. The predicted octanol–water partition coefficient (Wildman–Crippen LogP) is 3.64. The van der Waals surface area contributed by atoms with E-state index in [1.165, 1.54) is 17.5 Å². The lowest BCUT2D eigenvalue weighted by atomic mass is 9.71. The summed E-state index contributed by atoms with van der Waals surface area (Å²) in [5.74, 6) is 0.717. The summed E-state index contributed by atoms with van der Waals surface area (Å²) in [5.41, 5.74) is 3.22. The summed E-state index contributed by atoms with van der Waals surface area (Å²) in [6.07, 6.45) is 4.52. The molecule has 0 radical (unpaired) electrons. The number of hydrogen-bond donors (Lipinski definition) is 1. The van der Waals surface area contributed by atoms with Crippen LogP contribution in [0.2, 0.25) is 0 Å². The lowest BCUT2D eigenvalue weighted by molar-refractivity contribution is -0.0620. The molecule has 1 aliphatic carbocycles. The van der Waals surface area contributed by atoms with Gasteiger partial charge in [0.25, 0.3) is 0 Å². The number of fused-ring (bicyclic) bond motifs is 1. The van der Waals surface area contributed by atoms with Gasteiger partial charge in [-0.15, -0.1) is 0 Å². The Morgan fingerprint density at radius 3 is 2.75 bits per heavy atom. The second-order valence-corrected chi connectivity index (χ2v) is 8.78. The van der Waals surface area contributed by atoms with Gasteiger partial charge in [-0.25, -0.2) is 0 Å². The summed E-state index contributed by atoms with van der Waals surface area (Å²) in [5, 5.41) is 10.4. The van der Waals surface area contributed by atoms with Gasteiger partial charge in [-0.2, -0.15) is 0 Å². The Balaban J connectivity index is 1.44. The molecule has 0 saturated heterocycles. The van der Waals surface area contributed by atoms with Crippen LogP contribution in [0.1, 0.15) is 51.2 Å². The van der Waals surface area contributed by atoms with Crippen LogP contribution in [0.4, 0.5) is 0 Å². The number of aliphatic hydroxyl groups excluding tert-OH is 1. The highest BCUT2D eigenvalue weighted by atomic mass is 16.5. The van der Waals surface area contributed by atoms with Gasteiger partial charge in [0.1, 0.15) is 0 Å². The molecule has 0 bridgehead atoms. The van der Waals surface area contributed by atoms with Gasteiger partial charge in [-0.05, 0) is 48.1 Å². The fraction of sp³-hybridized carbons (Fsp3) is 0.714. The second kappa shape index (κ2) is 7.55. The molecule has 1 aliphatic heterocycles. The minimum absolute atomic E-state index is 0.306. The van der Waals surface area contributed by atoms with Crippen molar-refractivity contribution >= 4 is 0 Å². The molecule has 0 amide bonds. The predicted molar refractivity (Wildman–Crippen MR) is 98.0 cm³/mol. The van der Waals surface area contributed by atoms with E-state index >= 15 is 0 Å². The monoisotopic (exact) mass is 331 g/mol. The Kier molecular flexibility index (Phi) is 5.63. The van der Waals surface area contributed by atoms with Crippen LogP contribution in [0.15, 0.2) is 24.3 Å². The Morgan fingerprint density at radius 2 is 2.00 bits per heavy atom. The van der Waals surface area contributed by atoms with E-state index in [1.54, 1.807) is 0 Å². The lowest BCUT2D eigenvalue weighted by Crippen LogP contribution is -2.40. The van der Waals surface area contributed by atoms with Crippen LogP contribution in [0.3, 0.4) is 0 Å². The molecule has 1 N–H and O–H groups in total. The lowest BCUT2D eigenvalue weighted by Gasteiger charge is -2.39. The molecule has 24 heavy (non-hydrogen) atoms. The summed E-state index contributed by atoms with van der Waals surface area (Å²) < 4.78 is 6.09. The van der Waals surface area contributed by atoms with E-state index in [2.05, 4.69) is 49.9 Å². The van der Waals surface area contributed by atoms with E-state index in [-0.39, 0.29) is 0 Å². The van der Waals surface area contributed by atoms with Crippen molar-refractivity contribution in [1.82, 2.24) is 4.90 Å². The minimum Gasteiger partial charge on any atom is -0.389 e. The van der Waals surface area contributed by atoms with E-state index in [9.17, 15) is 5.11 Å². The van der Waals surface area contributed by atoms with E-state index in [0.717, 1.165) is 38.3 Å². The Labute approximate surface area is 147 Å². The number of rotatable bonds is 5. The Bertz CT molecular complexity index is 542. The van der Waals surface area contributed by atoms with Crippen molar-refractivity contribution in [1.29, 1.82) is 0 Å². The molecule has 134 valence electrons. The van der Waals surface area contributed by atoms with Crippen LogP contribution in [0.25, 0.3) is 0 Å². The fourth-order valence-corrected chi connectivity index (χ4v) is 4.69. The summed E-state index contributed by atoms with van der Waals surface area (Å²) >= 11 is 0. The summed E-state index contributed by atoms with van der Waals surface area (Å²) in [4.78, 5) is 2.35. The molecule has 1 saturated carbocycles. The zero-order valence-corrected chi connectivity index (χ0v) is 15.5. The van der Waals surface area contributed by atoms with Gasteiger partial charge in [0.2, 0.25) is 0 Å². The number of ether oxygens (including phenoxy) is 1. The van der Waals surface area contributed by atoms with Gasteiger partial charge in [-0.1, -0.05) is 45.0 Å². The SMILES string of the molecule is C[C@H]1C[C@@H](OC[C@H](O)CN2CCc3ccccc3C2)CC(C)(C)C1. The molecule has 1 fully saturated rings. The zero-order chi connectivity index (χ0) is 17.2. The standard InChI is InChI=1S/C21H33NO2/c1-16-10-20(12-21(2,3)11-16)24-15-19(23)14-22-9-8-17-6-4-5-7-18(17)13-22/h4-7,16,19-20,23H,8-15H2,1-3H3/t16-,19+,20+/m0/s1. The van der Waals surface area contributed by atoms with E-state index in [1.807, 2.05) is 0 Å². The molecule has 3 nitrogen and oxygen atoms in total. The average molecular weight is 332 g/mol.